The van der Waals surface area contributed by atoms with Gasteiger partial charge in [0.1, 0.15) is 5.75 Å². The summed E-state index contributed by atoms with van der Waals surface area (Å²) in [6.07, 6.45) is 0.473. The molecule has 1 N–H and O–H groups in total. The van der Waals surface area contributed by atoms with Gasteiger partial charge >= 0.3 is 0 Å². The normalized spacial score (nSPS) is 13.2. The minimum absolute atomic E-state index is 0.0912. The number of benzene rings is 1. The highest BCUT2D eigenvalue weighted by Gasteiger charge is 2.19. The molecule has 0 aliphatic rings. The number of aliphatic hydroxyl groups excluding tert-OH is 1. The zero-order valence-corrected chi connectivity index (χ0v) is 12.6. The summed E-state index contributed by atoms with van der Waals surface area (Å²) in [6, 6.07) is 9.60. The second kappa shape index (κ2) is 6.82. The van der Waals surface area contributed by atoms with Gasteiger partial charge in [0.15, 0.2) is 15.7 Å². The monoisotopic (exact) mass is 310 g/mol. The van der Waals surface area contributed by atoms with E-state index in [2.05, 4.69) is 10.1 Å². The maximum atomic E-state index is 11.9. The van der Waals surface area contributed by atoms with Crippen molar-refractivity contribution < 1.29 is 18.0 Å². The summed E-state index contributed by atoms with van der Waals surface area (Å²) in [6.45, 7) is 1.51. The molecule has 0 radical (unpaired) electrons. The molecule has 1 aromatic heterocycles. The van der Waals surface area contributed by atoms with Crippen molar-refractivity contribution in [1.29, 1.82) is 0 Å². The zero-order chi connectivity index (χ0) is 15.3. The average molecular weight is 310 g/mol. The molecule has 1 aromatic carbocycles. The molecule has 0 aliphatic heterocycles. The smallest absolute Gasteiger partial charge is 0.231 e. The fraction of sp³-hybridized carbons (Fsp3) is 0.429. The average Bonchev–Trinajstić information content (AvgIpc) is 2.85. The van der Waals surface area contributed by atoms with Crippen molar-refractivity contribution in [3.8, 4) is 0 Å². The number of aliphatic hydroxyl groups is 1. The highest BCUT2D eigenvalue weighted by molar-refractivity contribution is 7.90. The molecule has 1 atom stereocenters. The van der Waals surface area contributed by atoms with Gasteiger partial charge in [0.05, 0.1) is 12.2 Å². The molecule has 0 bridgehead atoms. The highest BCUT2D eigenvalue weighted by Crippen LogP contribution is 2.11. The Labute approximate surface area is 123 Å². The summed E-state index contributed by atoms with van der Waals surface area (Å²) >= 11 is 0. The number of hydrogen-bond acceptors (Lipinski definition) is 6. The lowest BCUT2D eigenvalue weighted by Gasteiger charge is -2.06. The molecule has 21 heavy (non-hydrogen) atoms. The summed E-state index contributed by atoms with van der Waals surface area (Å²) in [5, 5.41) is 12.6. The topological polar surface area (TPSA) is 93.3 Å². The van der Waals surface area contributed by atoms with Gasteiger partial charge in [-0.15, -0.1) is 0 Å². The van der Waals surface area contributed by atoms with E-state index in [9.17, 15) is 8.42 Å². The Kier molecular flexibility index (Phi) is 5.08. The molecular weight excluding hydrogens is 292 g/mol. The van der Waals surface area contributed by atoms with Crippen LogP contribution in [0.3, 0.4) is 0 Å². The molecule has 7 heteroatoms. The fourth-order valence-corrected chi connectivity index (χ4v) is 3.53. The summed E-state index contributed by atoms with van der Waals surface area (Å²) < 4.78 is 28.9. The molecule has 1 unspecified atom stereocenters. The van der Waals surface area contributed by atoms with Crippen molar-refractivity contribution in [2.75, 3.05) is 12.4 Å². The number of aromatic nitrogens is 2. The number of nitrogens with zero attached hydrogens (tertiary/aromatic N) is 2. The second-order valence-corrected chi connectivity index (χ2v) is 7.22. The minimum atomic E-state index is -3.35. The molecule has 2 aromatic rings. The molecular formula is C14H18N2O4S. The Morgan fingerprint density at radius 2 is 2.00 bits per heavy atom. The molecule has 0 aliphatic carbocycles. The van der Waals surface area contributed by atoms with Gasteiger partial charge in [-0.25, -0.2) is 8.42 Å². The first kappa shape index (κ1) is 15.7. The summed E-state index contributed by atoms with van der Waals surface area (Å²) in [5.74, 6) is -0.111. The van der Waals surface area contributed by atoms with Crippen LogP contribution in [0.4, 0.5) is 0 Å². The van der Waals surface area contributed by atoms with Gasteiger partial charge in [0.25, 0.3) is 0 Å². The van der Waals surface area contributed by atoms with Crippen LogP contribution in [0, 0.1) is 5.92 Å². The fourth-order valence-electron chi connectivity index (χ4n) is 1.93. The Morgan fingerprint density at radius 1 is 1.29 bits per heavy atom. The second-order valence-electron chi connectivity index (χ2n) is 5.11. The first-order valence-electron chi connectivity index (χ1n) is 6.65. The van der Waals surface area contributed by atoms with Gasteiger partial charge < -0.3 is 9.63 Å². The largest absolute Gasteiger partial charge is 0.396 e. The van der Waals surface area contributed by atoms with Crippen molar-refractivity contribution in [2.45, 2.75) is 19.1 Å². The van der Waals surface area contributed by atoms with Gasteiger partial charge in [-0.05, 0) is 11.5 Å². The number of rotatable bonds is 7. The molecule has 0 saturated heterocycles. The Morgan fingerprint density at radius 3 is 2.67 bits per heavy atom. The standard InChI is InChI=1S/C14H18N2O4S/c1-11(8-17)9-21(18,19)10-13-15-14(20-16-13)7-12-5-3-2-4-6-12/h2-6,11,17H,7-10H2,1H3. The van der Waals surface area contributed by atoms with E-state index in [1.165, 1.54) is 0 Å². The van der Waals surface area contributed by atoms with Crippen molar-refractivity contribution in [3.63, 3.8) is 0 Å². The zero-order valence-electron chi connectivity index (χ0n) is 11.8. The quantitative estimate of drug-likeness (QED) is 0.826. The lowest BCUT2D eigenvalue weighted by Crippen LogP contribution is -2.18. The van der Waals surface area contributed by atoms with Gasteiger partial charge in [-0.3, -0.25) is 0 Å². The SMILES string of the molecule is CC(CO)CS(=O)(=O)Cc1noc(Cc2ccccc2)n1. The molecule has 1 heterocycles. The van der Waals surface area contributed by atoms with Crippen LogP contribution >= 0.6 is 0 Å². The summed E-state index contributed by atoms with van der Waals surface area (Å²) in [4.78, 5) is 4.10. The van der Waals surface area contributed by atoms with Gasteiger partial charge in [-0.2, -0.15) is 4.98 Å². The van der Waals surface area contributed by atoms with E-state index >= 15 is 0 Å². The van der Waals surface area contributed by atoms with E-state index in [0.29, 0.717) is 12.3 Å². The Hall–Kier alpha value is -1.73. The molecule has 114 valence electrons. The van der Waals surface area contributed by atoms with Crippen LogP contribution in [0.5, 0.6) is 0 Å². The summed E-state index contributed by atoms with van der Waals surface area (Å²) in [7, 11) is -3.35. The molecule has 6 nitrogen and oxygen atoms in total. The van der Waals surface area contributed by atoms with Crippen molar-refractivity contribution >= 4 is 9.84 Å². The summed E-state index contributed by atoms with van der Waals surface area (Å²) in [5.41, 5.74) is 1.02. The van der Waals surface area contributed by atoms with Crippen LogP contribution in [-0.4, -0.2) is 36.0 Å². The number of sulfone groups is 1. The lowest BCUT2D eigenvalue weighted by molar-refractivity contribution is 0.249. The van der Waals surface area contributed by atoms with E-state index in [4.69, 9.17) is 9.63 Å². The predicted octanol–water partition coefficient (Wildman–Crippen LogP) is 1.20. The first-order valence-corrected chi connectivity index (χ1v) is 8.47. The molecule has 2 rings (SSSR count). The first-order chi connectivity index (χ1) is 9.98. The van der Waals surface area contributed by atoms with Crippen molar-refractivity contribution in [1.82, 2.24) is 10.1 Å². The van der Waals surface area contributed by atoms with E-state index in [0.717, 1.165) is 5.56 Å². The molecule has 0 spiro atoms. The molecule has 0 saturated carbocycles. The van der Waals surface area contributed by atoms with Crippen LogP contribution in [0.2, 0.25) is 0 Å². The van der Waals surface area contributed by atoms with Crippen molar-refractivity contribution in [2.24, 2.45) is 5.92 Å². The maximum absolute atomic E-state index is 11.9. The lowest BCUT2D eigenvalue weighted by atomic mass is 10.1. The third kappa shape index (κ3) is 4.95. The Bertz CT molecular complexity index is 667. The van der Waals surface area contributed by atoms with Gasteiger partial charge in [-0.1, -0.05) is 42.4 Å². The van der Waals surface area contributed by atoms with Crippen LogP contribution in [0.25, 0.3) is 0 Å². The van der Waals surface area contributed by atoms with E-state index in [1.54, 1.807) is 6.92 Å². The van der Waals surface area contributed by atoms with Crippen LogP contribution in [0.1, 0.15) is 24.2 Å². The molecule has 0 amide bonds. The predicted molar refractivity (Wildman–Crippen MR) is 77.3 cm³/mol. The van der Waals surface area contributed by atoms with E-state index in [1.807, 2.05) is 30.3 Å². The highest BCUT2D eigenvalue weighted by atomic mass is 32.2. The van der Waals surface area contributed by atoms with E-state index in [-0.39, 0.29) is 29.9 Å². The van der Waals surface area contributed by atoms with Gasteiger partial charge in [0.2, 0.25) is 5.89 Å². The van der Waals surface area contributed by atoms with Crippen molar-refractivity contribution in [3.05, 3.63) is 47.6 Å². The Balaban J connectivity index is 2.00. The van der Waals surface area contributed by atoms with Gasteiger partial charge in [0, 0.05) is 6.61 Å². The van der Waals surface area contributed by atoms with Crippen LogP contribution in [-0.2, 0) is 22.0 Å². The number of hydrogen-bond donors (Lipinski definition) is 1. The van der Waals surface area contributed by atoms with E-state index < -0.39 is 9.84 Å². The minimum Gasteiger partial charge on any atom is -0.396 e. The maximum Gasteiger partial charge on any atom is 0.231 e. The third-order valence-corrected chi connectivity index (χ3v) is 4.68. The van der Waals surface area contributed by atoms with Crippen LogP contribution < -0.4 is 0 Å². The van der Waals surface area contributed by atoms with Crippen LogP contribution in [0.15, 0.2) is 34.9 Å². The molecule has 0 fully saturated rings. The third-order valence-electron chi connectivity index (χ3n) is 2.91.